The van der Waals surface area contributed by atoms with Crippen molar-refractivity contribution in [2.75, 3.05) is 12.1 Å². The van der Waals surface area contributed by atoms with Crippen molar-refractivity contribution in [3.63, 3.8) is 0 Å². The summed E-state index contributed by atoms with van der Waals surface area (Å²) in [5.74, 6) is -0.410. The number of benzene rings is 1. The van der Waals surface area contributed by atoms with E-state index in [4.69, 9.17) is 4.74 Å². The smallest absolute Gasteiger partial charge is 0.144 e. The molecule has 0 amide bonds. The van der Waals surface area contributed by atoms with Gasteiger partial charge in [0.2, 0.25) is 0 Å². The molecule has 0 aliphatic carbocycles. The first-order chi connectivity index (χ1) is 6.92. The van der Waals surface area contributed by atoms with E-state index in [1.54, 1.807) is 19.3 Å². The highest BCUT2D eigenvalue weighted by Gasteiger charge is 2.14. The lowest BCUT2D eigenvalue weighted by molar-refractivity contribution is 0.0286. The summed E-state index contributed by atoms with van der Waals surface area (Å²) in [5, 5.41) is 19.9. The van der Waals surface area contributed by atoms with Crippen LogP contribution >= 0.6 is 0 Å². The Morgan fingerprint density at radius 2 is 2.20 bits per heavy atom. The van der Waals surface area contributed by atoms with E-state index in [1.165, 1.54) is 6.07 Å². The molecule has 0 aliphatic heterocycles. The first-order valence-corrected chi connectivity index (χ1v) is 4.45. The van der Waals surface area contributed by atoms with Crippen LogP contribution in [0, 0.1) is 11.0 Å². The molecule has 0 saturated carbocycles. The Kier molecular flexibility index (Phi) is 3.49. The minimum absolute atomic E-state index is 0.0227. The van der Waals surface area contributed by atoms with Gasteiger partial charge in [-0.05, 0) is 26.0 Å². The molecule has 0 radical (unpaired) electrons. The standard InChI is InChI=1S/C10H13FNO3/c1-10(2,13)6-15-9-5-7(11)3-4-8(9)12-14/h3-5,12-13H,6H2,1-2H3/q-1. The van der Waals surface area contributed by atoms with Crippen LogP contribution in [0.15, 0.2) is 18.2 Å². The normalized spacial score (nSPS) is 11.3. The summed E-state index contributed by atoms with van der Waals surface area (Å²) in [5.41, 5.74) is 0.740. The summed E-state index contributed by atoms with van der Waals surface area (Å²) >= 11 is 0. The third kappa shape index (κ3) is 3.73. The van der Waals surface area contributed by atoms with E-state index in [0.29, 0.717) is 0 Å². The van der Waals surface area contributed by atoms with Gasteiger partial charge in [-0.25, -0.2) is 4.39 Å². The molecule has 0 saturated heterocycles. The van der Waals surface area contributed by atoms with Gasteiger partial charge in [-0.2, -0.15) is 0 Å². The molecule has 15 heavy (non-hydrogen) atoms. The molecule has 0 aromatic heterocycles. The minimum atomic E-state index is -1.04. The molecule has 1 aromatic rings. The molecule has 0 aliphatic rings. The molecule has 2 N–H and O–H groups in total. The Morgan fingerprint density at radius 1 is 1.53 bits per heavy atom. The summed E-state index contributed by atoms with van der Waals surface area (Å²) in [7, 11) is 0. The van der Waals surface area contributed by atoms with Gasteiger partial charge in [0.15, 0.2) is 0 Å². The van der Waals surface area contributed by atoms with Crippen LogP contribution in [0.4, 0.5) is 10.1 Å². The van der Waals surface area contributed by atoms with Crippen molar-refractivity contribution in [1.82, 2.24) is 0 Å². The minimum Gasteiger partial charge on any atom is -0.761 e. The second-order valence-electron chi connectivity index (χ2n) is 3.84. The molecule has 0 unspecified atom stereocenters. The molecule has 0 bridgehead atoms. The second kappa shape index (κ2) is 4.46. The number of rotatable bonds is 4. The van der Waals surface area contributed by atoms with Crippen LogP contribution in [0.5, 0.6) is 5.75 Å². The Morgan fingerprint density at radius 3 is 2.73 bits per heavy atom. The van der Waals surface area contributed by atoms with E-state index in [0.717, 1.165) is 12.1 Å². The van der Waals surface area contributed by atoms with Gasteiger partial charge < -0.3 is 20.5 Å². The molecule has 0 heterocycles. The number of anilines is 1. The summed E-state index contributed by atoms with van der Waals surface area (Å²) in [6.45, 7) is 3.08. The summed E-state index contributed by atoms with van der Waals surface area (Å²) in [6.07, 6.45) is 0. The summed E-state index contributed by atoms with van der Waals surface area (Å²) in [4.78, 5) is 0. The zero-order valence-electron chi connectivity index (χ0n) is 8.58. The zero-order valence-corrected chi connectivity index (χ0v) is 8.58. The van der Waals surface area contributed by atoms with E-state index in [1.807, 2.05) is 0 Å². The van der Waals surface area contributed by atoms with Gasteiger partial charge in [-0.1, -0.05) is 0 Å². The number of aliphatic hydroxyl groups is 1. The molecule has 1 rings (SSSR count). The fraction of sp³-hybridized carbons (Fsp3) is 0.400. The van der Waals surface area contributed by atoms with E-state index >= 15 is 0 Å². The Hall–Kier alpha value is -1.33. The van der Waals surface area contributed by atoms with E-state index in [9.17, 15) is 14.7 Å². The zero-order chi connectivity index (χ0) is 11.5. The SMILES string of the molecule is CC(C)(O)COc1cc(F)ccc1N[O-]. The third-order valence-electron chi connectivity index (χ3n) is 1.63. The van der Waals surface area contributed by atoms with Gasteiger partial charge in [-0.15, -0.1) is 0 Å². The largest absolute Gasteiger partial charge is 0.761 e. The molecule has 4 nitrogen and oxygen atoms in total. The van der Waals surface area contributed by atoms with Crippen LogP contribution in [-0.2, 0) is 0 Å². The van der Waals surface area contributed by atoms with Gasteiger partial charge >= 0.3 is 0 Å². The highest BCUT2D eigenvalue weighted by Crippen LogP contribution is 2.25. The fourth-order valence-electron chi connectivity index (χ4n) is 0.954. The molecule has 5 heteroatoms. The second-order valence-corrected chi connectivity index (χ2v) is 3.84. The Bertz CT molecular complexity index is 336. The van der Waals surface area contributed by atoms with Crippen molar-refractivity contribution in [3.05, 3.63) is 29.2 Å². The fourth-order valence-corrected chi connectivity index (χ4v) is 0.954. The van der Waals surface area contributed by atoms with Gasteiger partial charge in [-0.3, -0.25) is 0 Å². The molecule has 0 atom stereocenters. The van der Waals surface area contributed by atoms with Crippen LogP contribution in [-0.4, -0.2) is 17.3 Å². The van der Waals surface area contributed by atoms with Crippen molar-refractivity contribution >= 4 is 5.69 Å². The maximum Gasteiger partial charge on any atom is 0.144 e. The highest BCUT2D eigenvalue weighted by atomic mass is 19.1. The quantitative estimate of drug-likeness (QED) is 0.751. The lowest BCUT2D eigenvalue weighted by Crippen LogP contribution is -2.28. The molecular weight excluding hydrogens is 201 g/mol. The van der Waals surface area contributed by atoms with Crippen LogP contribution in [0.3, 0.4) is 0 Å². The first kappa shape index (κ1) is 11.7. The van der Waals surface area contributed by atoms with E-state index < -0.39 is 11.4 Å². The van der Waals surface area contributed by atoms with E-state index in [2.05, 4.69) is 0 Å². The molecule has 0 fully saturated rings. The first-order valence-electron chi connectivity index (χ1n) is 4.45. The van der Waals surface area contributed by atoms with E-state index in [-0.39, 0.29) is 18.0 Å². The summed E-state index contributed by atoms with van der Waals surface area (Å²) in [6, 6.07) is 3.52. The number of ether oxygens (including phenoxy) is 1. The van der Waals surface area contributed by atoms with Gasteiger partial charge in [0.25, 0.3) is 0 Å². The van der Waals surface area contributed by atoms with Crippen molar-refractivity contribution in [2.45, 2.75) is 19.4 Å². The number of halogens is 1. The number of hydrogen-bond donors (Lipinski definition) is 2. The third-order valence-corrected chi connectivity index (χ3v) is 1.63. The lowest BCUT2D eigenvalue weighted by Gasteiger charge is -2.20. The van der Waals surface area contributed by atoms with Crippen molar-refractivity contribution in [2.24, 2.45) is 0 Å². The van der Waals surface area contributed by atoms with Gasteiger partial charge in [0.05, 0.1) is 11.3 Å². The Balaban J connectivity index is 2.79. The molecular formula is C10H13FNO3-. The number of nitrogens with one attached hydrogen (secondary N) is 1. The average Bonchev–Trinajstić information content (AvgIpc) is 2.14. The summed E-state index contributed by atoms with van der Waals surface area (Å²) < 4.78 is 18.0. The van der Waals surface area contributed by atoms with Crippen LogP contribution in [0.25, 0.3) is 0 Å². The van der Waals surface area contributed by atoms with Gasteiger partial charge in [0.1, 0.15) is 18.2 Å². The van der Waals surface area contributed by atoms with Crippen molar-refractivity contribution in [3.8, 4) is 5.75 Å². The average molecular weight is 214 g/mol. The van der Waals surface area contributed by atoms with Crippen molar-refractivity contribution < 1.29 is 14.2 Å². The van der Waals surface area contributed by atoms with Crippen molar-refractivity contribution in [1.29, 1.82) is 0 Å². The van der Waals surface area contributed by atoms with Crippen LogP contribution in [0.1, 0.15) is 13.8 Å². The lowest BCUT2D eigenvalue weighted by atomic mass is 10.2. The van der Waals surface area contributed by atoms with Crippen LogP contribution < -0.4 is 10.2 Å². The topological polar surface area (TPSA) is 64.5 Å². The maximum atomic E-state index is 12.8. The highest BCUT2D eigenvalue weighted by molar-refractivity contribution is 5.56. The predicted molar refractivity (Wildman–Crippen MR) is 55.2 cm³/mol. The number of hydrogen-bond acceptors (Lipinski definition) is 4. The molecule has 84 valence electrons. The monoisotopic (exact) mass is 214 g/mol. The van der Waals surface area contributed by atoms with Crippen LogP contribution in [0.2, 0.25) is 0 Å². The maximum absolute atomic E-state index is 12.8. The molecule has 0 spiro atoms. The van der Waals surface area contributed by atoms with Gasteiger partial charge in [0, 0.05) is 6.07 Å². The Labute approximate surface area is 87.3 Å². The molecule has 1 aromatic carbocycles. The predicted octanol–water partition coefficient (Wildman–Crippen LogP) is 1.89.